The molecule has 0 amide bonds. The van der Waals surface area contributed by atoms with E-state index in [-0.39, 0.29) is 0 Å². The van der Waals surface area contributed by atoms with E-state index in [1.165, 1.54) is 12.8 Å². The van der Waals surface area contributed by atoms with Gasteiger partial charge in [0.2, 0.25) is 0 Å². The molecule has 0 atom stereocenters. The Balaban J connectivity index is 3.11. The summed E-state index contributed by atoms with van der Waals surface area (Å²) in [6.45, 7) is 2.15. The van der Waals surface area contributed by atoms with Gasteiger partial charge in [0, 0.05) is 0 Å². The van der Waals surface area contributed by atoms with E-state index in [1.54, 1.807) is 21.7 Å². The summed E-state index contributed by atoms with van der Waals surface area (Å²) in [7, 11) is 0. The molecular weight excluding hydrogens is 278 g/mol. The molecular formula is C4H11Cl2PTe. The molecule has 0 saturated heterocycles. The van der Waals surface area contributed by atoms with Crippen LogP contribution in [0, 0.1) is 0 Å². The van der Waals surface area contributed by atoms with Crippen LogP contribution in [0.25, 0.3) is 0 Å². The van der Waals surface area contributed by atoms with Crippen LogP contribution in [0.2, 0.25) is 0 Å². The first kappa shape index (κ1) is 9.80. The van der Waals surface area contributed by atoms with Crippen molar-refractivity contribution >= 4 is 47.9 Å². The fourth-order valence-electron chi connectivity index (χ4n) is 0.389. The Morgan fingerprint density at radius 3 is 2.12 bits per heavy atom. The third-order valence-corrected chi connectivity index (χ3v) is 4.83. The van der Waals surface area contributed by atoms with Gasteiger partial charge < -0.3 is 0 Å². The van der Waals surface area contributed by atoms with E-state index in [9.17, 15) is 0 Å². The van der Waals surface area contributed by atoms with Gasteiger partial charge in [0.15, 0.2) is 0 Å². The van der Waals surface area contributed by atoms with E-state index in [0.717, 1.165) is 6.16 Å². The fourth-order valence-corrected chi connectivity index (χ4v) is 3.32. The Kier molecular flexibility index (Phi) is 5.62. The summed E-state index contributed by atoms with van der Waals surface area (Å²) in [5.41, 5.74) is 0. The Morgan fingerprint density at radius 1 is 1.50 bits per heavy atom. The van der Waals surface area contributed by atoms with Crippen LogP contribution in [0.3, 0.4) is 0 Å². The van der Waals surface area contributed by atoms with Crippen molar-refractivity contribution in [3.8, 4) is 0 Å². The summed E-state index contributed by atoms with van der Waals surface area (Å²) in [5, 5.41) is 0. The maximum atomic E-state index is 5.84. The Bertz CT molecular complexity index is 61.5. The summed E-state index contributed by atoms with van der Waals surface area (Å²) in [4.78, 5) is 0. The number of rotatable bonds is 3. The number of hydrogen-bond donors (Lipinski definition) is 0. The second kappa shape index (κ2) is 4.59. The van der Waals surface area contributed by atoms with Crippen LogP contribution in [0.1, 0.15) is 19.8 Å². The molecule has 0 bridgehead atoms. The minimum atomic E-state index is -1.68. The van der Waals surface area contributed by atoms with Crippen LogP contribution in [0.5, 0.6) is 0 Å². The third-order valence-electron chi connectivity index (χ3n) is 0.831. The van der Waals surface area contributed by atoms with Crippen molar-refractivity contribution in [2.75, 3.05) is 6.16 Å². The quantitative estimate of drug-likeness (QED) is 0.553. The van der Waals surface area contributed by atoms with Crippen molar-refractivity contribution < 1.29 is 0 Å². The van der Waals surface area contributed by atoms with Gasteiger partial charge in [-0.15, -0.1) is 0 Å². The van der Waals surface area contributed by atoms with E-state index in [0.29, 0.717) is 0 Å². The summed E-state index contributed by atoms with van der Waals surface area (Å²) < 4.78 is -1.68. The van der Waals surface area contributed by atoms with Crippen molar-refractivity contribution in [3.05, 3.63) is 0 Å². The number of hydrogen-bond acceptors (Lipinski definition) is 0. The Hall–Kier alpha value is 1.80. The Morgan fingerprint density at radius 2 is 2.00 bits per heavy atom. The molecule has 8 heavy (non-hydrogen) atoms. The molecule has 0 aromatic carbocycles. The summed E-state index contributed by atoms with van der Waals surface area (Å²) in [6.07, 6.45) is 3.45. The minimum absolute atomic E-state index is 1.06. The first-order valence-corrected chi connectivity index (χ1v) is 10.7. The van der Waals surface area contributed by atoms with Crippen LogP contribution in [0.4, 0.5) is 0 Å². The SMILES string of the molecule is CCCC[PH](Cl)(Cl)[TeH]. The van der Waals surface area contributed by atoms with E-state index < -0.39 is 3.66 Å². The molecule has 52 valence electrons. The topological polar surface area (TPSA) is 0 Å². The molecule has 0 spiro atoms. The van der Waals surface area contributed by atoms with Crippen LogP contribution >= 0.6 is 26.1 Å². The van der Waals surface area contributed by atoms with Crippen molar-refractivity contribution in [3.63, 3.8) is 0 Å². The zero-order valence-electron chi connectivity index (χ0n) is 4.82. The van der Waals surface area contributed by atoms with Crippen LogP contribution < -0.4 is 0 Å². The predicted octanol–water partition coefficient (Wildman–Crippen LogP) is 2.66. The average molecular weight is 289 g/mol. The second-order valence-electron chi connectivity index (χ2n) is 1.77. The molecule has 4 heteroatoms. The van der Waals surface area contributed by atoms with Crippen LogP contribution in [-0.4, -0.2) is 27.9 Å². The first-order chi connectivity index (χ1) is 3.56. The molecule has 0 radical (unpaired) electrons. The first-order valence-electron chi connectivity index (χ1n) is 2.66. The van der Waals surface area contributed by atoms with Crippen LogP contribution in [-0.2, 0) is 0 Å². The van der Waals surface area contributed by atoms with Crippen molar-refractivity contribution in [2.24, 2.45) is 0 Å². The van der Waals surface area contributed by atoms with Gasteiger partial charge in [-0.2, -0.15) is 0 Å². The molecule has 0 nitrogen and oxygen atoms in total. The van der Waals surface area contributed by atoms with E-state index >= 15 is 0 Å². The summed E-state index contributed by atoms with van der Waals surface area (Å²) in [5.74, 6) is 0. The van der Waals surface area contributed by atoms with E-state index in [4.69, 9.17) is 22.5 Å². The van der Waals surface area contributed by atoms with Gasteiger partial charge in [-0.05, 0) is 0 Å². The molecule has 0 heterocycles. The van der Waals surface area contributed by atoms with Gasteiger partial charge in [0.25, 0.3) is 0 Å². The third kappa shape index (κ3) is 7.80. The molecule has 0 fully saturated rings. The van der Waals surface area contributed by atoms with Crippen LogP contribution in [0.15, 0.2) is 0 Å². The maximum absolute atomic E-state index is 5.84. The van der Waals surface area contributed by atoms with Crippen molar-refractivity contribution in [2.45, 2.75) is 19.8 Å². The molecule has 0 aromatic heterocycles. The van der Waals surface area contributed by atoms with Gasteiger partial charge in [-0.25, -0.2) is 0 Å². The molecule has 0 unspecified atom stereocenters. The predicted molar refractivity (Wildman–Crippen MR) is 46.9 cm³/mol. The monoisotopic (exact) mass is 290 g/mol. The summed E-state index contributed by atoms with van der Waals surface area (Å²) >= 11 is 13.3. The van der Waals surface area contributed by atoms with Crippen molar-refractivity contribution in [1.82, 2.24) is 0 Å². The van der Waals surface area contributed by atoms with Gasteiger partial charge in [-0.1, -0.05) is 0 Å². The van der Waals surface area contributed by atoms with Gasteiger partial charge >= 0.3 is 73.8 Å². The molecule has 0 aliphatic rings. The molecule has 0 aromatic rings. The zero-order chi connectivity index (χ0) is 6.62. The second-order valence-corrected chi connectivity index (χ2v) is 19.3. The standard InChI is InChI=1S/C4H11Cl2PTe/c1-2-3-4-7(5,6)8/h7-8H,2-4H2,1H3. The molecule has 0 aliphatic carbocycles. The number of halogens is 2. The number of unbranched alkanes of at least 4 members (excludes halogenated alkanes) is 1. The molecule has 0 aliphatic heterocycles. The summed E-state index contributed by atoms with van der Waals surface area (Å²) in [6, 6.07) is 0. The molecule has 0 saturated carbocycles. The van der Waals surface area contributed by atoms with Gasteiger partial charge in [-0.3, -0.25) is 0 Å². The van der Waals surface area contributed by atoms with E-state index in [1.807, 2.05) is 0 Å². The Labute approximate surface area is 73.5 Å². The molecule has 0 rings (SSSR count). The normalized spacial score (nSPS) is 14.0. The van der Waals surface area contributed by atoms with Crippen molar-refractivity contribution in [1.29, 1.82) is 0 Å². The van der Waals surface area contributed by atoms with Gasteiger partial charge in [0.05, 0.1) is 0 Å². The molecule has 0 N–H and O–H groups in total. The zero-order valence-corrected chi connectivity index (χ0v) is 9.89. The van der Waals surface area contributed by atoms with E-state index in [2.05, 4.69) is 6.92 Å². The average Bonchev–Trinajstić information content (AvgIpc) is 1.59. The van der Waals surface area contributed by atoms with Gasteiger partial charge in [0.1, 0.15) is 0 Å². The fraction of sp³-hybridized carbons (Fsp3) is 1.00.